The van der Waals surface area contributed by atoms with Crippen molar-refractivity contribution in [1.29, 1.82) is 5.26 Å². The molecule has 3 aromatic rings. The molecule has 0 aliphatic carbocycles. The van der Waals surface area contributed by atoms with Gasteiger partial charge in [0.1, 0.15) is 10.8 Å². The third-order valence-electron chi connectivity index (χ3n) is 5.71. The zero-order valence-corrected chi connectivity index (χ0v) is 22.3. The number of hydrogen-bond donors (Lipinski definition) is 1. The van der Waals surface area contributed by atoms with E-state index in [2.05, 4.69) is 4.72 Å². The van der Waals surface area contributed by atoms with E-state index in [1.807, 2.05) is 26.8 Å². The molecule has 0 saturated heterocycles. The normalized spacial score (nSPS) is 14.7. The third-order valence-corrected chi connectivity index (χ3v) is 7.29. The van der Waals surface area contributed by atoms with Gasteiger partial charge in [-0.15, -0.1) is 4.72 Å². The minimum Gasteiger partial charge on any atom is -0.598 e. The molecule has 37 heavy (non-hydrogen) atoms. The largest absolute Gasteiger partial charge is 0.598 e. The van der Waals surface area contributed by atoms with Crippen molar-refractivity contribution < 1.29 is 26.5 Å². The Labute approximate surface area is 216 Å². The average molecular weight is 540 g/mol. The van der Waals surface area contributed by atoms with E-state index in [4.69, 9.17) is 0 Å². The molecule has 10 heteroatoms. The minimum absolute atomic E-state index is 0.143. The molecule has 0 fully saturated rings. The Bertz CT molecular complexity index is 1310. The van der Waals surface area contributed by atoms with Gasteiger partial charge in [-0.3, -0.25) is 0 Å². The summed E-state index contributed by atoms with van der Waals surface area (Å²) >= 11 is -1.79. The van der Waals surface area contributed by atoms with Crippen LogP contribution in [-0.2, 0) is 24.1 Å². The quantitative estimate of drug-likeness (QED) is 0.259. The molecule has 2 atom stereocenters. The summed E-state index contributed by atoms with van der Waals surface area (Å²) in [6.45, 7) is 11.2. The van der Waals surface area contributed by atoms with Crippen molar-refractivity contribution >= 4 is 22.3 Å². The lowest BCUT2D eigenvalue weighted by Gasteiger charge is -2.27. The van der Waals surface area contributed by atoms with Crippen molar-refractivity contribution in [3.05, 3.63) is 59.3 Å². The van der Waals surface area contributed by atoms with Crippen LogP contribution in [0.4, 0.5) is 22.0 Å². The van der Waals surface area contributed by atoms with Crippen molar-refractivity contribution in [3.8, 4) is 17.2 Å². The summed E-state index contributed by atoms with van der Waals surface area (Å²) in [5, 5.41) is 9.94. The number of fused-ring (bicyclic) bond motifs is 1. The fourth-order valence-electron chi connectivity index (χ4n) is 4.10. The number of alkyl halides is 5. The summed E-state index contributed by atoms with van der Waals surface area (Å²) in [7, 11) is 0. The molecule has 3 rings (SSSR count). The lowest BCUT2D eigenvalue weighted by Crippen LogP contribution is -2.43. The molecule has 1 heterocycles. The van der Waals surface area contributed by atoms with Gasteiger partial charge < -0.3 is 9.12 Å². The molecule has 0 aliphatic heterocycles. The van der Waals surface area contributed by atoms with E-state index in [1.54, 1.807) is 31.5 Å². The molecule has 0 amide bonds. The van der Waals surface area contributed by atoms with Gasteiger partial charge in [-0.2, -0.15) is 18.4 Å². The molecule has 1 N–H and O–H groups in total. The van der Waals surface area contributed by atoms with Gasteiger partial charge in [0.2, 0.25) is 0 Å². The maximum atomic E-state index is 14.3. The molecule has 0 bridgehead atoms. The lowest BCUT2D eigenvalue weighted by molar-refractivity contribution is -0.137. The summed E-state index contributed by atoms with van der Waals surface area (Å²) in [5.74, 6) is 0. The number of hydrogen-bond acceptors (Lipinski definition) is 3. The number of nitrogens with one attached hydrogen (secondary N) is 1. The van der Waals surface area contributed by atoms with Crippen LogP contribution < -0.4 is 4.72 Å². The maximum absolute atomic E-state index is 14.3. The molecule has 200 valence electrons. The molecule has 4 nitrogen and oxygen atoms in total. The minimum atomic E-state index is -4.70. The number of aromatic nitrogens is 1. The van der Waals surface area contributed by atoms with Gasteiger partial charge in [0.05, 0.1) is 17.2 Å². The smallest absolute Gasteiger partial charge is 0.417 e. The van der Waals surface area contributed by atoms with Crippen LogP contribution in [0.1, 0.15) is 64.3 Å². The molecule has 1 aromatic heterocycles. The second kappa shape index (κ2) is 10.3. The van der Waals surface area contributed by atoms with Crippen LogP contribution in [0.5, 0.6) is 0 Å². The lowest BCUT2D eigenvalue weighted by atomic mass is 9.93. The van der Waals surface area contributed by atoms with Crippen molar-refractivity contribution in [3.63, 3.8) is 0 Å². The van der Waals surface area contributed by atoms with Gasteiger partial charge in [-0.25, -0.2) is 8.78 Å². The number of rotatable bonds is 6. The Morgan fingerprint density at radius 3 is 2.22 bits per heavy atom. The topological polar surface area (TPSA) is 63.8 Å². The maximum Gasteiger partial charge on any atom is 0.417 e. The molecule has 0 aliphatic rings. The Kier molecular flexibility index (Phi) is 8.04. The second-order valence-electron chi connectivity index (χ2n) is 11.2. The van der Waals surface area contributed by atoms with Crippen LogP contribution in [-0.4, -0.2) is 20.3 Å². The highest BCUT2D eigenvalue weighted by atomic mass is 32.2. The van der Waals surface area contributed by atoms with Crippen LogP contribution in [0, 0.1) is 16.7 Å². The predicted molar refractivity (Wildman–Crippen MR) is 136 cm³/mol. The van der Waals surface area contributed by atoms with E-state index in [9.17, 15) is 31.8 Å². The summed E-state index contributed by atoms with van der Waals surface area (Å²) < 4.78 is 86.3. The van der Waals surface area contributed by atoms with Crippen molar-refractivity contribution in [2.75, 3.05) is 0 Å². The third kappa shape index (κ3) is 6.46. The van der Waals surface area contributed by atoms with Gasteiger partial charge in [0, 0.05) is 46.1 Å². The molecular weight excluding hydrogens is 509 g/mol. The first kappa shape index (κ1) is 29.0. The van der Waals surface area contributed by atoms with Crippen molar-refractivity contribution in [2.45, 2.75) is 71.5 Å². The number of halogens is 5. The molecule has 0 saturated carbocycles. The van der Waals surface area contributed by atoms with Crippen LogP contribution in [0.3, 0.4) is 0 Å². The number of nitriles is 1. The summed E-state index contributed by atoms with van der Waals surface area (Å²) in [4.78, 5) is 0. The highest BCUT2D eigenvalue weighted by Crippen LogP contribution is 2.41. The van der Waals surface area contributed by atoms with Crippen LogP contribution in [0.2, 0.25) is 0 Å². The van der Waals surface area contributed by atoms with E-state index in [0.29, 0.717) is 17.4 Å². The summed E-state index contributed by atoms with van der Waals surface area (Å²) in [6.07, 6.45) is -6.04. The SMILES string of the molecule is CC(C)(C)Cn1cc(C(N[S@@+]([O-])C(C)(C)C)C(F)F)c2ccc(-c3c(C#N)cccc3C(F)(F)F)cc21. The van der Waals surface area contributed by atoms with E-state index < -0.39 is 40.3 Å². The Morgan fingerprint density at radius 2 is 1.70 bits per heavy atom. The number of benzene rings is 2. The van der Waals surface area contributed by atoms with Gasteiger partial charge in [-0.1, -0.05) is 39.0 Å². The van der Waals surface area contributed by atoms with E-state index in [1.165, 1.54) is 30.3 Å². The van der Waals surface area contributed by atoms with Gasteiger partial charge >= 0.3 is 6.18 Å². The van der Waals surface area contributed by atoms with Gasteiger partial charge in [0.25, 0.3) is 6.43 Å². The van der Waals surface area contributed by atoms with Crippen LogP contribution in [0.25, 0.3) is 22.0 Å². The Morgan fingerprint density at radius 1 is 1.05 bits per heavy atom. The number of nitrogens with zero attached hydrogens (tertiary/aromatic N) is 2. The Hall–Kier alpha value is -2.61. The summed E-state index contributed by atoms with van der Waals surface area (Å²) in [6, 6.07) is 8.07. The van der Waals surface area contributed by atoms with E-state index >= 15 is 0 Å². The molecule has 1 unspecified atom stereocenters. The standard InChI is InChI=1S/C27H30F5N3OS/c1-25(2,3)15-35-14-19(23(24(28)29)34-37(36)26(4,5)6)18-11-10-16(12-21(18)35)22-17(13-33)8-7-9-20(22)27(30,31)32/h7-12,14,23-24,34H,15H2,1-6H3/t23?,37-/m0/s1. The van der Waals surface area contributed by atoms with Crippen LogP contribution in [0.15, 0.2) is 42.6 Å². The van der Waals surface area contributed by atoms with Gasteiger partial charge in [-0.05, 0) is 49.9 Å². The fourth-order valence-corrected chi connectivity index (χ4v) is 4.92. The first-order valence-electron chi connectivity index (χ1n) is 11.6. The van der Waals surface area contributed by atoms with E-state index in [-0.39, 0.29) is 27.7 Å². The fraction of sp³-hybridized carbons (Fsp3) is 0.444. The average Bonchev–Trinajstić information content (AvgIpc) is 3.10. The molecular formula is C27H30F5N3OS. The Balaban J connectivity index is 2.29. The predicted octanol–water partition coefficient (Wildman–Crippen LogP) is 7.60. The second-order valence-corrected chi connectivity index (χ2v) is 13.2. The highest BCUT2D eigenvalue weighted by molar-refractivity contribution is 7.90. The molecule has 0 spiro atoms. The molecule has 2 aromatic carbocycles. The van der Waals surface area contributed by atoms with Crippen LogP contribution >= 0.6 is 0 Å². The molecule has 0 radical (unpaired) electrons. The zero-order chi connectivity index (χ0) is 27.9. The monoisotopic (exact) mass is 539 g/mol. The zero-order valence-electron chi connectivity index (χ0n) is 21.5. The van der Waals surface area contributed by atoms with Crippen molar-refractivity contribution in [1.82, 2.24) is 9.29 Å². The van der Waals surface area contributed by atoms with Crippen molar-refractivity contribution in [2.24, 2.45) is 5.41 Å². The van der Waals surface area contributed by atoms with Gasteiger partial charge in [0.15, 0.2) is 0 Å². The summed E-state index contributed by atoms with van der Waals surface area (Å²) in [5.41, 5.74) is -0.856. The first-order valence-corrected chi connectivity index (χ1v) is 12.8. The first-order chi connectivity index (χ1) is 16.9. The highest BCUT2D eigenvalue weighted by Gasteiger charge is 2.37. The van der Waals surface area contributed by atoms with E-state index in [0.717, 1.165) is 6.07 Å².